The van der Waals surface area contributed by atoms with Crippen LogP contribution in [-0.2, 0) is 4.79 Å². The predicted octanol–water partition coefficient (Wildman–Crippen LogP) is 1.49. The van der Waals surface area contributed by atoms with Gasteiger partial charge in [-0.15, -0.1) is 0 Å². The summed E-state index contributed by atoms with van der Waals surface area (Å²) in [5.41, 5.74) is 1.70. The molecule has 0 fully saturated rings. The molecule has 0 unspecified atom stereocenters. The SMILES string of the molecule is CNC/C=C(/C=O)c1ccccc1. The minimum absolute atomic E-state index is 0.711. The van der Waals surface area contributed by atoms with Crippen molar-refractivity contribution in [2.24, 2.45) is 0 Å². The molecule has 0 bridgehead atoms. The topological polar surface area (TPSA) is 29.1 Å². The van der Waals surface area contributed by atoms with Crippen molar-refractivity contribution in [2.75, 3.05) is 13.6 Å². The van der Waals surface area contributed by atoms with Gasteiger partial charge < -0.3 is 5.32 Å². The van der Waals surface area contributed by atoms with Crippen LogP contribution in [0.3, 0.4) is 0 Å². The Labute approximate surface area is 78.3 Å². The summed E-state index contributed by atoms with van der Waals surface area (Å²) in [5, 5.41) is 2.97. The van der Waals surface area contributed by atoms with Crippen LogP contribution in [0.4, 0.5) is 0 Å². The molecule has 0 aromatic heterocycles. The lowest BCUT2D eigenvalue weighted by Gasteiger charge is -1.99. The molecule has 0 saturated heterocycles. The molecule has 0 spiro atoms. The van der Waals surface area contributed by atoms with Crippen molar-refractivity contribution in [3.05, 3.63) is 42.0 Å². The van der Waals surface area contributed by atoms with E-state index in [1.165, 1.54) is 0 Å². The monoisotopic (exact) mass is 175 g/mol. The maximum absolute atomic E-state index is 10.7. The van der Waals surface area contributed by atoms with Gasteiger partial charge in [-0.2, -0.15) is 0 Å². The van der Waals surface area contributed by atoms with Gasteiger partial charge in [-0.3, -0.25) is 4.79 Å². The Bertz CT molecular complexity index is 290. The average Bonchev–Trinajstić information content (AvgIpc) is 2.21. The second-order valence-corrected chi connectivity index (χ2v) is 2.70. The van der Waals surface area contributed by atoms with Gasteiger partial charge in [0.1, 0.15) is 6.29 Å². The Morgan fingerprint density at radius 3 is 2.62 bits per heavy atom. The number of likely N-dealkylation sites (N-methyl/N-ethyl adjacent to an activating group) is 1. The molecule has 2 heteroatoms. The van der Waals surface area contributed by atoms with Gasteiger partial charge in [0, 0.05) is 12.1 Å². The molecule has 0 radical (unpaired) electrons. The molecule has 0 aliphatic rings. The van der Waals surface area contributed by atoms with Gasteiger partial charge >= 0.3 is 0 Å². The molecule has 0 saturated carbocycles. The third kappa shape index (κ3) is 2.84. The van der Waals surface area contributed by atoms with Crippen LogP contribution in [0.5, 0.6) is 0 Å². The summed E-state index contributed by atoms with van der Waals surface area (Å²) in [6.07, 6.45) is 2.76. The number of carbonyl (C=O) groups is 1. The summed E-state index contributed by atoms with van der Waals surface area (Å²) in [5.74, 6) is 0. The van der Waals surface area contributed by atoms with E-state index < -0.39 is 0 Å². The molecule has 68 valence electrons. The Hall–Kier alpha value is -1.41. The first-order valence-corrected chi connectivity index (χ1v) is 4.24. The number of nitrogens with one attached hydrogen (secondary N) is 1. The van der Waals surface area contributed by atoms with Crippen molar-refractivity contribution in [3.63, 3.8) is 0 Å². The van der Waals surface area contributed by atoms with Gasteiger partial charge in [0.05, 0.1) is 0 Å². The molecule has 0 heterocycles. The summed E-state index contributed by atoms with van der Waals surface area (Å²) in [6.45, 7) is 0.711. The van der Waals surface area contributed by atoms with Crippen LogP contribution in [0, 0.1) is 0 Å². The van der Waals surface area contributed by atoms with Crippen LogP contribution >= 0.6 is 0 Å². The average molecular weight is 175 g/mol. The van der Waals surface area contributed by atoms with E-state index in [-0.39, 0.29) is 0 Å². The second kappa shape index (κ2) is 5.27. The lowest BCUT2D eigenvalue weighted by atomic mass is 10.1. The van der Waals surface area contributed by atoms with Gasteiger partial charge in [-0.25, -0.2) is 0 Å². The molecule has 2 nitrogen and oxygen atoms in total. The highest BCUT2D eigenvalue weighted by Gasteiger charge is 1.96. The molecule has 0 atom stereocenters. The smallest absolute Gasteiger partial charge is 0.150 e. The fraction of sp³-hybridized carbons (Fsp3) is 0.182. The van der Waals surface area contributed by atoms with E-state index in [9.17, 15) is 4.79 Å². The highest BCUT2D eigenvalue weighted by Crippen LogP contribution is 2.10. The molecule has 1 aromatic rings. The summed E-state index contributed by atoms with van der Waals surface area (Å²) >= 11 is 0. The molecular weight excluding hydrogens is 162 g/mol. The summed E-state index contributed by atoms with van der Waals surface area (Å²) in [6, 6.07) is 9.63. The number of benzene rings is 1. The molecule has 13 heavy (non-hydrogen) atoms. The van der Waals surface area contributed by atoms with Crippen LogP contribution in [0.15, 0.2) is 36.4 Å². The van der Waals surface area contributed by atoms with Crippen molar-refractivity contribution < 1.29 is 4.79 Å². The van der Waals surface area contributed by atoms with Crippen molar-refractivity contribution in [2.45, 2.75) is 0 Å². The van der Waals surface area contributed by atoms with E-state index in [0.29, 0.717) is 6.54 Å². The molecular formula is C11H13NO. The van der Waals surface area contributed by atoms with Crippen LogP contribution in [0.2, 0.25) is 0 Å². The van der Waals surface area contributed by atoms with E-state index in [2.05, 4.69) is 5.32 Å². The second-order valence-electron chi connectivity index (χ2n) is 2.70. The first-order valence-electron chi connectivity index (χ1n) is 4.24. The van der Waals surface area contributed by atoms with Crippen LogP contribution < -0.4 is 5.32 Å². The zero-order chi connectivity index (χ0) is 9.52. The van der Waals surface area contributed by atoms with Crippen molar-refractivity contribution in [1.29, 1.82) is 0 Å². The highest BCUT2D eigenvalue weighted by atomic mass is 16.1. The van der Waals surface area contributed by atoms with Gasteiger partial charge in [-0.05, 0) is 12.6 Å². The van der Waals surface area contributed by atoms with E-state index in [1.807, 2.05) is 43.5 Å². The largest absolute Gasteiger partial charge is 0.316 e. The number of aldehydes is 1. The van der Waals surface area contributed by atoms with Crippen LogP contribution in [0.1, 0.15) is 5.56 Å². The summed E-state index contributed by atoms with van der Waals surface area (Å²) in [7, 11) is 1.85. The molecule has 0 aliphatic heterocycles. The normalized spacial score (nSPS) is 11.3. The van der Waals surface area contributed by atoms with Crippen LogP contribution in [0.25, 0.3) is 5.57 Å². The van der Waals surface area contributed by atoms with Gasteiger partial charge in [0.2, 0.25) is 0 Å². The first kappa shape index (κ1) is 9.68. The number of allylic oxidation sites excluding steroid dienone is 1. The van der Waals surface area contributed by atoms with E-state index in [4.69, 9.17) is 0 Å². The predicted molar refractivity (Wildman–Crippen MR) is 54.4 cm³/mol. The highest BCUT2D eigenvalue weighted by molar-refractivity contribution is 6.06. The van der Waals surface area contributed by atoms with Gasteiger partial charge in [-0.1, -0.05) is 36.4 Å². The standard InChI is InChI=1S/C11H13NO/c1-12-8-7-11(9-13)10-5-3-2-4-6-10/h2-7,9,12H,8H2,1H3/b11-7-. The molecule has 0 amide bonds. The van der Waals surface area contributed by atoms with Gasteiger partial charge in [0.15, 0.2) is 0 Å². The third-order valence-corrected chi connectivity index (χ3v) is 1.76. The quantitative estimate of drug-likeness (QED) is 0.555. The lowest BCUT2D eigenvalue weighted by molar-refractivity contribution is -0.103. The summed E-state index contributed by atoms with van der Waals surface area (Å²) < 4.78 is 0. The lowest BCUT2D eigenvalue weighted by Crippen LogP contribution is -2.05. The van der Waals surface area contributed by atoms with E-state index >= 15 is 0 Å². The molecule has 1 rings (SSSR count). The van der Waals surface area contributed by atoms with Gasteiger partial charge in [0.25, 0.3) is 0 Å². The fourth-order valence-corrected chi connectivity index (χ4v) is 1.08. The van der Waals surface area contributed by atoms with Crippen LogP contribution in [-0.4, -0.2) is 19.9 Å². The number of carbonyl (C=O) groups excluding carboxylic acids is 1. The Balaban J connectivity index is 2.84. The Morgan fingerprint density at radius 1 is 1.38 bits per heavy atom. The van der Waals surface area contributed by atoms with Crippen molar-refractivity contribution >= 4 is 11.9 Å². The fourth-order valence-electron chi connectivity index (χ4n) is 1.08. The van der Waals surface area contributed by atoms with Crippen molar-refractivity contribution in [1.82, 2.24) is 5.32 Å². The Morgan fingerprint density at radius 2 is 2.08 bits per heavy atom. The van der Waals surface area contributed by atoms with E-state index in [0.717, 1.165) is 17.4 Å². The Kier molecular flexibility index (Phi) is 3.93. The summed E-state index contributed by atoms with van der Waals surface area (Å²) in [4.78, 5) is 10.7. The molecule has 0 aliphatic carbocycles. The number of hydrogen-bond donors (Lipinski definition) is 1. The van der Waals surface area contributed by atoms with E-state index in [1.54, 1.807) is 0 Å². The maximum atomic E-state index is 10.7. The minimum Gasteiger partial charge on any atom is -0.316 e. The molecule has 1 N–H and O–H groups in total. The zero-order valence-electron chi connectivity index (χ0n) is 7.66. The maximum Gasteiger partial charge on any atom is 0.150 e. The number of rotatable bonds is 4. The first-order chi connectivity index (χ1) is 6.38. The van der Waals surface area contributed by atoms with Crippen molar-refractivity contribution in [3.8, 4) is 0 Å². The number of hydrogen-bond acceptors (Lipinski definition) is 2. The molecule has 1 aromatic carbocycles. The minimum atomic E-state index is 0.711. The zero-order valence-corrected chi connectivity index (χ0v) is 7.66. The third-order valence-electron chi connectivity index (χ3n) is 1.76.